The van der Waals surface area contributed by atoms with Gasteiger partial charge < -0.3 is 39.0 Å². The van der Waals surface area contributed by atoms with Crippen molar-refractivity contribution in [3.05, 3.63) is 0 Å². The number of aliphatic hydroxyl groups excluding tert-OH is 3. The molecule has 0 radical (unpaired) electrons. The molecule has 0 aliphatic carbocycles. The van der Waals surface area contributed by atoms with Crippen LogP contribution in [-0.4, -0.2) is 99.1 Å². The zero-order chi connectivity index (χ0) is 27.0. The van der Waals surface area contributed by atoms with Crippen LogP contribution in [0.5, 0.6) is 0 Å². The molecule has 0 aromatic carbocycles. The molecular formula is C28H54O9. The summed E-state index contributed by atoms with van der Waals surface area (Å²) in [5.41, 5.74) is 0. The first-order valence-electron chi connectivity index (χ1n) is 14.6. The standard InChI is InChI=1S/C28H54O9/c1-2-3-4-5-6-7-8-9-10-11-14-26(32)35-21-20-33-22-24(13-12-15-29)27-28(36-19-17-31)25(23-37-27)34-18-16-30/h24-25,27-31H,2-23H2,1H3. The Morgan fingerprint density at radius 2 is 1.46 bits per heavy atom. The second-order valence-electron chi connectivity index (χ2n) is 9.84. The maximum Gasteiger partial charge on any atom is 0.305 e. The first-order valence-corrected chi connectivity index (χ1v) is 14.6. The Balaban J connectivity index is 2.24. The lowest BCUT2D eigenvalue weighted by molar-refractivity contribution is -0.145. The highest BCUT2D eigenvalue weighted by Gasteiger charge is 2.43. The molecule has 0 amide bonds. The van der Waals surface area contributed by atoms with Gasteiger partial charge in [-0.15, -0.1) is 0 Å². The molecule has 0 saturated carbocycles. The highest BCUT2D eigenvalue weighted by molar-refractivity contribution is 5.69. The second kappa shape index (κ2) is 24.2. The molecule has 0 spiro atoms. The molecule has 4 unspecified atom stereocenters. The average molecular weight is 535 g/mol. The van der Waals surface area contributed by atoms with Crippen LogP contribution in [0.25, 0.3) is 0 Å². The van der Waals surface area contributed by atoms with E-state index in [4.69, 9.17) is 28.8 Å². The number of hydrogen-bond acceptors (Lipinski definition) is 9. The number of rotatable bonds is 26. The maximum atomic E-state index is 12.0. The molecule has 1 heterocycles. The van der Waals surface area contributed by atoms with E-state index in [0.717, 1.165) is 12.8 Å². The minimum atomic E-state index is -0.398. The highest BCUT2D eigenvalue weighted by atomic mass is 16.6. The Morgan fingerprint density at radius 3 is 2.11 bits per heavy atom. The zero-order valence-corrected chi connectivity index (χ0v) is 23.2. The van der Waals surface area contributed by atoms with Gasteiger partial charge in [0.25, 0.3) is 0 Å². The van der Waals surface area contributed by atoms with Crippen LogP contribution in [0.3, 0.4) is 0 Å². The summed E-state index contributed by atoms with van der Waals surface area (Å²) in [7, 11) is 0. The summed E-state index contributed by atoms with van der Waals surface area (Å²) in [4.78, 5) is 12.0. The van der Waals surface area contributed by atoms with E-state index in [9.17, 15) is 15.0 Å². The predicted molar refractivity (Wildman–Crippen MR) is 141 cm³/mol. The SMILES string of the molecule is CCCCCCCCCCCCC(=O)OCCOCC(CCCO)C1OCC(OCCO)C1OCCO. The number of aliphatic hydroxyl groups is 3. The van der Waals surface area contributed by atoms with Gasteiger partial charge in [-0.25, -0.2) is 0 Å². The summed E-state index contributed by atoms with van der Waals surface area (Å²) in [6.07, 6.45) is 13.0. The van der Waals surface area contributed by atoms with Crippen molar-refractivity contribution in [1.29, 1.82) is 0 Å². The smallest absolute Gasteiger partial charge is 0.305 e. The number of carbonyl (C=O) groups is 1. The summed E-state index contributed by atoms with van der Waals surface area (Å²) in [5.74, 6) is -0.235. The number of unbranched alkanes of at least 4 members (excludes halogenated alkanes) is 9. The molecule has 1 aliphatic rings. The largest absolute Gasteiger partial charge is 0.463 e. The third kappa shape index (κ3) is 16.7. The summed E-state index contributed by atoms with van der Waals surface area (Å²) in [5, 5.41) is 27.6. The minimum Gasteiger partial charge on any atom is -0.463 e. The lowest BCUT2D eigenvalue weighted by Gasteiger charge is -2.29. The molecule has 0 aromatic heterocycles. The quantitative estimate of drug-likeness (QED) is 0.113. The Hall–Kier alpha value is -0.810. The van der Waals surface area contributed by atoms with Gasteiger partial charge in [-0.1, -0.05) is 64.7 Å². The first-order chi connectivity index (χ1) is 18.2. The van der Waals surface area contributed by atoms with E-state index in [1.165, 1.54) is 51.4 Å². The van der Waals surface area contributed by atoms with Gasteiger partial charge in [0.15, 0.2) is 0 Å². The third-order valence-electron chi connectivity index (χ3n) is 6.72. The molecule has 0 aromatic rings. The number of carbonyl (C=O) groups excluding carboxylic acids is 1. The Bertz CT molecular complexity index is 520. The van der Waals surface area contributed by atoms with E-state index in [1.807, 2.05) is 0 Å². The monoisotopic (exact) mass is 534 g/mol. The molecule has 3 N–H and O–H groups in total. The summed E-state index contributed by atoms with van der Waals surface area (Å²) in [6, 6.07) is 0. The van der Waals surface area contributed by atoms with E-state index in [2.05, 4.69) is 6.92 Å². The molecule has 220 valence electrons. The third-order valence-corrected chi connectivity index (χ3v) is 6.72. The van der Waals surface area contributed by atoms with Crippen LogP contribution in [0.1, 0.15) is 90.4 Å². The van der Waals surface area contributed by atoms with Gasteiger partial charge in [-0.2, -0.15) is 0 Å². The molecular weight excluding hydrogens is 480 g/mol. The van der Waals surface area contributed by atoms with Gasteiger partial charge >= 0.3 is 5.97 Å². The van der Waals surface area contributed by atoms with Crippen molar-refractivity contribution < 1.29 is 43.8 Å². The molecule has 0 bridgehead atoms. The fraction of sp³-hybridized carbons (Fsp3) is 0.964. The summed E-state index contributed by atoms with van der Waals surface area (Å²) >= 11 is 0. The van der Waals surface area contributed by atoms with Gasteiger partial charge in [-0.3, -0.25) is 4.79 Å². The van der Waals surface area contributed by atoms with Crippen molar-refractivity contribution in [2.75, 3.05) is 59.5 Å². The Labute approximate surface area is 224 Å². The maximum absolute atomic E-state index is 12.0. The van der Waals surface area contributed by atoms with E-state index >= 15 is 0 Å². The van der Waals surface area contributed by atoms with Crippen LogP contribution < -0.4 is 0 Å². The molecule has 4 atom stereocenters. The molecule has 1 fully saturated rings. The van der Waals surface area contributed by atoms with E-state index in [1.54, 1.807) is 0 Å². The van der Waals surface area contributed by atoms with E-state index < -0.39 is 6.10 Å². The van der Waals surface area contributed by atoms with Gasteiger partial charge in [0, 0.05) is 18.9 Å². The molecule has 37 heavy (non-hydrogen) atoms. The Kier molecular flexibility index (Phi) is 22.4. The summed E-state index contributed by atoms with van der Waals surface area (Å²) in [6.45, 7) is 3.63. The first kappa shape index (κ1) is 34.2. The normalized spacial score (nSPS) is 20.4. The van der Waals surface area contributed by atoms with Crippen molar-refractivity contribution in [1.82, 2.24) is 0 Å². The van der Waals surface area contributed by atoms with Gasteiger partial charge in [-0.05, 0) is 19.3 Å². The number of hydrogen-bond donors (Lipinski definition) is 3. The van der Waals surface area contributed by atoms with Crippen LogP contribution in [-0.2, 0) is 28.5 Å². The minimum absolute atomic E-state index is 0.0547. The topological polar surface area (TPSA) is 124 Å². The second-order valence-corrected chi connectivity index (χ2v) is 9.84. The fourth-order valence-corrected chi connectivity index (χ4v) is 4.72. The van der Waals surface area contributed by atoms with Crippen molar-refractivity contribution in [3.63, 3.8) is 0 Å². The highest BCUT2D eigenvalue weighted by Crippen LogP contribution is 2.29. The lowest BCUT2D eigenvalue weighted by Crippen LogP contribution is -2.41. The van der Waals surface area contributed by atoms with E-state index in [-0.39, 0.29) is 63.7 Å². The van der Waals surface area contributed by atoms with Crippen LogP contribution in [0.2, 0.25) is 0 Å². The van der Waals surface area contributed by atoms with E-state index in [0.29, 0.717) is 39.1 Å². The molecule has 1 rings (SSSR count). The van der Waals surface area contributed by atoms with Crippen LogP contribution in [0, 0.1) is 5.92 Å². The Morgan fingerprint density at radius 1 is 0.811 bits per heavy atom. The zero-order valence-electron chi connectivity index (χ0n) is 23.2. The predicted octanol–water partition coefficient (Wildman–Crippen LogP) is 3.40. The molecule has 9 heteroatoms. The van der Waals surface area contributed by atoms with Gasteiger partial charge in [0.1, 0.15) is 18.8 Å². The van der Waals surface area contributed by atoms with Crippen LogP contribution in [0.4, 0.5) is 0 Å². The molecule has 1 aliphatic heterocycles. The van der Waals surface area contributed by atoms with Crippen LogP contribution >= 0.6 is 0 Å². The fourth-order valence-electron chi connectivity index (χ4n) is 4.72. The van der Waals surface area contributed by atoms with Gasteiger partial charge in [0.2, 0.25) is 0 Å². The van der Waals surface area contributed by atoms with Gasteiger partial charge in [0.05, 0.1) is 52.4 Å². The van der Waals surface area contributed by atoms with Crippen LogP contribution in [0.15, 0.2) is 0 Å². The molecule has 9 nitrogen and oxygen atoms in total. The van der Waals surface area contributed by atoms with Crippen molar-refractivity contribution >= 4 is 5.97 Å². The summed E-state index contributed by atoms with van der Waals surface area (Å²) < 4.78 is 28.6. The van der Waals surface area contributed by atoms with Crippen molar-refractivity contribution in [3.8, 4) is 0 Å². The molecule has 1 saturated heterocycles. The average Bonchev–Trinajstić information content (AvgIpc) is 3.31. The van der Waals surface area contributed by atoms with Crippen molar-refractivity contribution in [2.45, 2.75) is 109 Å². The lowest BCUT2D eigenvalue weighted by atomic mass is 9.93. The number of ether oxygens (including phenoxy) is 5. The van der Waals surface area contributed by atoms with Crippen molar-refractivity contribution in [2.24, 2.45) is 5.92 Å². The number of esters is 1.